The Balaban J connectivity index is 1.65. The van der Waals surface area contributed by atoms with Crippen molar-refractivity contribution in [2.24, 2.45) is 0 Å². The minimum atomic E-state index is -0.0892. The highest BCUT2D eigenvalue weighted by atomic mass is 16.5. The molecule has 1 N–H and O–H groups in total. The van der Waals surface area contributed by atoms with Crippen LogP contribution in [0.4, 0.5) is 0 Å². The fourth-order valence-electron chi connectivity index (χ4n) is 2.85. The first-order chi connectivity index (χ1) is 9.69. The number of hydrogen-bond acceptors (Lipinski definition) is 5. The highest BCUT2D eigenvalue weighted by Crippen LogP contribution is 2.12. The van der Waals surface area contributed by atoms with E-state index in [2.05, 4.69) is 4.90 Å². The summed E-state index contributed by atoms with van der Waals surface area (Å²) in [5.41, 5.74) is 0. The number of hydrogen-bond donors (Lipinski definition) is 1. The molecule has 0 bridgehead atoms. The SMILES string of the molecule is CC1CN(CCCC(=O)N2CCOCC2)CC(CO)O1. The number of rotatable bonds is 5. The van der Waals surface area contributed by atoms with E-state index in [1.165, 1.54) is 0 Å². The molecule has 0 spiro atoms. The van der Waals surface area contributed by atoms with Gasteiger partial charge in [-0.3, -0.25) is 9.69 Å². The quantitative estimate of drug-likeness (QED) is 0.752. The molecule has 0 aromatic carbocycles. The van der Waals surface area contributed by atoms with Crippen LogP contribution < -0.4 is 0 Å². The zero-order valence-corrected chi connectivity index (χ0v) is 12.3. The van der Waals surface area contributed by atoms with Crippen molar-refractivity contribution >= 4 is 5.91 Å². The second kappa shape index (κ2) is 7.93. The topological polar surface area (TPSA) is 62.2 Å². The van der Waals surface area contributed by atoms with Gasteiger partial charge in [-0.2, -0.15) is 0 Å². The molecule has 0 radical (unpaired) electrons. The Bertz CT molecular complexity index is 308. The molecule has 116 valence electrons. The monoisotopic (exact) mass is 286 g/mol. The maximum absolute atomic E-state index is 12.0. The van der Waals surface area contributed by atoms with Crippen molar-refractivity contribution in [2.75, 3.05) is 52.5 Å². The van der Waals surface area contributed by atoms with E-state index in [0.717, 1.165) is 39.1 Å². The number of amides is 1. The van der Waals surface area contributed by atoms with E-state index in [9.17, 15) is 9.90 Å². The number of carbonyl (C=O) groups excluding carboxylic acids is 1. The van der Waals surface area contributed by atoms with E-state index in [-0.39, 0.29) is 24.7 Å². The predicted molar refractivity (Wildman–Crippen MR) is 74.5 cm³/mol. The first-order valence-corrected chi connectivity index (χ1v) is 7.53. The molecular formula is C14H26N2O4. The summed E-state index contributed by atoms with van der Waals surface area (Å²) in [6.07, 6.45) is 1.51. The van der Waals surface area contributed by atoms with Crippen LogP contribution in [0, 0.1) is 0 Å². The summed E-state index contributed by atoms with van der Waals surface area (Å²) in [5, 5.41) is 9.19. The highest BCUT2D eigenvalue weighted by Gasteiger charge is 2.24. The molecule has 2 fully saturated rings. The smallest absolute Gasteiger partial charge is 0.222 e. The van der Waals surface area contributed by atoms with E-state index in [1.807, 2.05) is 11.8 Å². The summed E-state index contributed by atoms with van der Waals surface area (Å²) < 4.78 is 10.9. The van der Waals surface area contributed by atoms with E-state index in [1.54, 1.807) is 0 Å². The molecule has 2 heterocycles. The van der Waals surface area contributed by atoms with Gasteiger partial charge in [-0.1, -0.05) is 0 Å². The molecular weight excluding hydrogens is 260 g/mol. The minimum absolute atomic E-state index is 0.0630. The van der Waals surface area contributed by atoms with Gasteiger partial charge in [-0.05, 0) is 19.9 Å². The Morgan fingerprint density at radius 2 is 2.05 bits per heavy atom. The average Bonchev–Trinajstić information content (AvgIpc) is 2.47. The maximum atomic E-state index is 12.0. The molecule has 2 atom stereocenters. The molecule has 2 unspecified atom stereocenters. The van der Waals surface area contributed by atoms with E-state index in [0.29, 0.717) is 19.6 Å². The number of nitrogens with zero attached hydrogens (tertiary/aromatic N) is 2. The summed E-state index contributed by atoms with van der Waals surface area (Å²) in [6.45, 7) is 7.37. The molecule has 1 amide bonds. The highest BCUT2D eigenvalue weighted by molar-refractivity contribution is 5.76. The van der Waals surface area contributed by atoms with Gasteiger partial charge in [0, 0.05) is 32.6 Å². The maximum Gasteiger partial charge on any atom is 0.222 e. The first kappa shape index (κ1) is 15.7. The minimum Gasteiger partial charge on any atom is -0.394 e. The van der Waals surface area contributed by atoms with Crippen molar-refractivity contribution in [2.45, 2.75) is 32.0 Å². The van der Waals surface area contributed by atoms with Gasteiger partial charge < -0.3 is 19.5 Å². The molecule has 6 heteroatoms. The van der Waals surface area contributed by atoms with Crippen LogP contribution in [0.1, 0.15) is 19.8 Å². The van der Waals surface area contributed by atoms with Crippen molar-refractivity contribution in [1.82, 2.24) is 9.80 Å². The van der Waals surface area contributed by atoms with Gasteiger partial charge in [0.1, 0.15) is 0 Å². The number of carbonyl (C=O) groups is 1. The van der Waals surface area contributed by atoms with Crippen LogP contribution in [-0.2, 0) is 14.3 Å². The van der Waals surface area contributed by atoms with Crippen LogP contribution in [0.5, 0.6) is 0 Å². The lowest BCUT2D eigenvalue weighted by Crippen LogP contribution is -2.48. The van der Waals surface area contributed by atoms with Gasteiger partial charge in [0.05, 0.1) is 32.0 Å². The first-order valence-electron chi connectivity index (χ1n) is 7.53. The van der Waals surface area contributed by atoms with Gasteiger partial charge in [0.15, 0.2) is 0 Å². The molecule has 20 heavy (non-hydrogen) atoms. The van der Waals surface area contributed by atoms with Crippen LogP contribution >= 0.6 is 0 Å². The van der Waals surface area contributed by atoms with E-state index in [4.69, 9.17) is 9.47 Å². The third-order valence-electron chi connectivity index (χ3n) is 3.83. The second-order valence-electron chi connectivity index (χ2n) is 5.61. The van der Waals surface area contributed by atoms with E-state index >= 15 is 0 Å². The Hall–Kier alpha value is -0.690. The zero-order chi connectivity index (χ0) is 14.4. The van der Waals surface area contributed by atoms with Gasteiger partial charge in [-0.25, -0.2) is 0 Å². The van der Waals surface area contributed by atoms with Crippen molar-refractivity contribution in [3.05, 3.63) is 0 Å². The third-order valence-corrected chi connectivity index (χ3v) is 3.83. The summed E-state index contributed by atoms with van der Waals surface area (Å²) in [4.78, 5) is 16.2. The zero-order valence-electron chi connectivity index (χ0n) is 12.3. The average molecular weight is 286 g/mol. The van der Waals surface area contributed by atoms with Crippen LogP contribution in [0.2, 0.25) is 0 Å². The van der Waals surface area contributed by atoms with Crippen LogP contribution in [0.3, 0.4) is 0 Å². The largest absolute Gasteiger partial charge is 0.394 e. The number of morpholine rings is 2. The Morgan fingerprint density at radius 1 is 1.30 bits per heavy atom. The summed E-state index contributed by atoms with van der Waals surface area (Å²) >= 11 is 0. The Kier molecular flexibility index (Phi) is 6.22. The third kappa shape index (κ3) is 4.70. The summed E-state index contributed by atoms with van der Waals surface area (Å²) in [6, 6.07) is 0. The Morgan fingerprint density at radius 3 is 2.75 bits per heavy atom. The molecule has 2 rings (SSSR count). The summed E-state index contributed by atoms with van der Waals surface area (Å²) in [7, 11) is 0. The normalized spacial score (nSPS) is 28.6. The molecule has 0 saturated carbocycles. The summed E-state index contributed by atoms with van der Waals surface area (Å²) in [5.74, 6) is 0.230. The van der Waals surface area contributed by atoms with Gasteiger partial charge in [0.25, 0.3) is 0 Å². The number of aliphatic hydroxyl groups excluding tert-OH is 1. The van der Waals surface area contributed by atoms with Crippen molar-refractivity contribution in [1.29, 1.82) is 0 Å². The molecule has 2 aliphatic rings. The fourth-order valence-corrected chi connectivity index (χ4v) is 2.85. The van der Waals surface area contributed by atoms with Gasteiger partial charge >= 0.3 is 0 Å². The molecule has 0 aromatic heterocycles. The second-order valence-corrected chi connectivity index (χ2v) is 5.61. The van der Waals surface area contributed by atoms with E-state index < -0.39 is 0 Å². The van der Waals surface area contributed by atoms with Gasteiger partial charge in [0.2, 0.25) is 5.91 Å². The van der Waals surface area contributed by atoms with Crippen LogP contribution in [0.15, 0.2) is 0 Å². The molecule has 2 aliphatic heterocycles. The van der Waals surface area contributed by atoms with Gasteiger partial charge in [-0.15, -0.1) is 0 Å². The Labute approximate surface area is 120 Å². The van der Waals surface area contributed by atoms with Crippen molar-refractivity contribution in [3.63, 3.8) is 0 Å². The lowest BCUT2D eigenvalue weighted by molar-refractivity contribution is -0.135. The van der Waals surface area contributed by atoms with Crippen LogP contribution in [0.25, 0.3) is 0 Å². The standard InChI is InChI=1S/C14H26N2O4/c1-12-9-15(10-13(11-17)20-12)4-2-3-14(18)16-5-7-19-8-6-16/h12-13,17H,2-11H2,1H3. The fraction of sp³-hybridized carbons (Fsp3) is 0.929. The van der Waals surface area contributed by atoms with Crippen molar-refractivity contribution < 1.29 is 19.4 Å². The predicted octanol–water partition coefficient (Wildman–Crippen LogP) is -0.293. The lowest BCUT2D eigenvalue weighted by Gasteiger charge is -2.36. The number of ether oxygens (including phenoxy) is 2. The molecule has 2 saturated heterocycles. The lowest BCUT2D eigenvalue weighted by atomic mass is 10.2. The molecule has 0 aliphatic carbocycles. The number of aliphatic hydroxyl groups is 1. The molecule has 6 nitrogen and oxygen atoms in total. The van der Waals surface area contributed by atoms with Crippen molar-refractivity contribution in [3.8, 4) is 0 Å². The van der Waals surface area contributed by atoms with Crippen LogP contribution in [-0.4, -0.2) is 85.6 Å². The molecule has 0 aromatic rings.